The van der Waals surface area contributed by atoms with Crippen molar-refractivity contribution in [3.8, 4) is 0 Å². The molecule has 0 saturated carbocycles. The van der Waals surface area contributed by atoms with Crippen LogP contribution in [0.2, 0.25) is 0 Å². The summed E-state index contributed by atoms with van der Waals surface area (Å²) in [6.07, 6.45) is 1.59. The van der Waals surface area contributed by atoms with Gasteiger partial charge in [-0.1, -0.05) is 0 Å². The molecule has 6 nitrogen and oxygen atoms in total. The molecular weight excluding hydrogens is 248 g/mol. The summed E-state index contributed by atoms with van der Waals surface area (Å²) in [6.45, 7) is 2.36. The number of rotatable bonds is 9. The molecular formula is C13H22N2O4. The largest absolute Gasteiger partial charge is 0.467 e. The number of aliphatic hydroxyl groups is 1. The summed E-state index contributed by atoms with van der Waals surface area (Å²) >= 11 is 0. The minimum atomic E-state index is -0.0130. The second-order valence-electron chi connectivity index (χ2n) is 4.32. The van der Waals surface area contributed by atoms with Crippen molar-refractivity contribution in [1.82, 2.24) is 9.80 Å². The molecule has 1 heterocycles. The third kappa shape index (κ3) is 5.87. The molecule has 0 radical (unpaired) electrons. The van der Waals surface area contributed by atoms with Crippen LogP contribution in [0.5, 0.6) is 0 Å². The Morgan fingerprint density at radius 3 is 2.84 bits per heavy atom. The van der Waals surface area contributed by atoms with Gasteiger partial charge in [0.2, 0.25) is 5.91 Å². The van der Waals surface area contributed by atoms with Crippen molar-refractivity contribution in [3.05, 3.63) is 24.2 Å². The number of hydrogen-bond donors (Lipinski definition) is 1. The maximum absolute atomic E-state index is 12.0. The highest BCUT2D eigenvalue weighted by atomic mass is 16.5. The number of carbonyl (C=O) groups excluding carboxylic acids is 1. The molecule has 0 saturated heterocycles. The number of methoxy groups -OCH3 is 1. The van der Waals surface area contributed by atoms with Gasteiger partial charge in [-0.15, -0.1) is 0 Å². The standard InChI is InChI=1S/C13H22N2O4/c1-14(10-12-4-3-8-19-12)13(17)11-15(5-7-16)6-9-18-2/h3-4,8,16H,5-7,9-11H2,1-2H3. The zero-order valence-electron chi connectivity index (χ0n) is 11.5. The minimum absolute atomic E-state index is 0.0130. The van der Waals surface area contributed by atoms with Crippen LogP contribution in [0.1, 0.15) is 5.76 Å². The van der Waals surface area contributed by atoms with Crippen LogP contribution in [-0.4, -0.2) is 67.8 Å². The lowest BCUT2D eigenvalue weighted by Gasteiger charge is -2.23. The van der Waals surface area contributed by atoms with Crippen molar-refractivity contribution in [2.75, 3.05) is 47.0 Å². The molecule has 1 aromatic heterocycles. The van der Waals surface area contributed by atoms with Crippen LogP contribution in [0, 0.1) is 0 Å². The van der Waals surface area contributed by atoms with Crippen molar-refractivity contribution in [1.29, 1.82) is 0 Å². The van der Waals surface area contributed by atoms with E-state index in [1.807, 2.05) is 11.0 Å². The number of amides is 1. The van der Waals surface area contributed by atoms with Crippen LogP contribution >= 0.6 is 0 Å². The smallest absolute Gasteiger partial charge is 0.236 e. The molecule has 0 fully saturated rings. The van der Waals surface area contributed by atoms with Gasteiger partial charge in [-0.3, -0.25) is 9.69 Å². The summed E-state index contributed by atoms with van der Waals surface area (Å²) in [5.41, 5.74) is 0. The Bertz CT molecular complexity index is 354. The molecule has 0 aliphatic heterocycles. The van der Waals surface area contributed by atoms with E-state index in [4.69, 9.17) is 14.3 Å². The lowest BCUT2D eigenvalue weighted by molar-refractivity contribution is -0.132. The summed E-state index contributed by atoms with van der Waals surface area (Å²) in [5, 5.41) is 8.97. The molecule has 0 unspecified atom stereocenters. The van der Waals surface area contributed by atoms with Crippen LogP contribution < -0.4 is 0 Å². The van der Waals surface area contributed by atoms with Gasteiger partial charge in [0.15, 0.2) is 0 Å². The molecule has 1 N–H and O–H groups in total. The Kier molecular flexibility index (Phi) is 7.17. The second-order valence-corrected chi connectivity index (χ2v) is 4.32. The van der Waals surface area contributed by atoms with Crippen molar-refractivity contribution < 1.29 is 19.1 Å². The normalized spacial score (nSPS) is 10.9. The molecule has 19 heavy (non-hydrogen) atoms. The predicted octanol–water partition coefficient (Wildman–Crippen LogP) is 0.179. The van der Waals surface area contributed by atoms with Crippen molar-refractivity contribution >= 4 is 5.91 Å². The first-order chi connectivity index (χ1) is 9.17. The van der Waals surface area contributed by atoms with E-state index in [-0.39, 0.29) is 19.1 Å². The Labute approximate surface area is 113 Å². The Hall–Kier alpha value is -1.37. The monoisotopic (exact) mass is 270 g/mol. The highest BCUT2D eigenvalue weighted by Gasteiger charge is 2.15. The third-order valence-electron chi connectivity index (χ3n) is 2.79. The van der Waals surface area contributed by atoms with E-state index in [9.17, 15) is 4.79 Å². The number of likely N-dealkylation sites (N-methyl/N-ethyl adjacent to an activating group) is 1. The van der Waals surface area contributed by atoms with Gasteiger partial charge < -0.3 is 19.2 Å². The topological polar surface area (TPSA) is 66.2 Å². The SMILES string of the molecule is COCCN(CCO)CC(=O)N(C)Cc1ccco1. The maximum Gasteiger partial charge on any atom is 0.236 e. The molecule has 0 spiro atoms. The average molecular weight is 270 g/mol. The molecule has 1 rings (SSSR count). The van der Waals surface area contributed by atoms with Crippen LogP contribution in [0.4, 0.5) is 0 Å². The van der Waals surface area contributed by atoms with E-state index >= 15 is 0 Å². The number of ether oxygens (including phenoxy) is 1. The van der Waals surface area contributed by atoms with Gasteiger partial charge >= 0.3 is 0 Å². The number of carbonyl (C=O) groups is 1. The van der Waals surface area contributed by atoms with Crippen LogP contribution in [0.25, 0.3) is 0 Å². The fraction of sp³-hybridized carbons (Fsp3) is 0.615. The molecule has 1 amide bonds. The van der Waals surface area contributed by atoms with E-state index in [1.165, 1.54) is 0 Å². The molecule has 0 aliphatic rings. The van der Waals surface area contributed by atoms with E-state index in [0.717, 1.165) is 5.76 Å². The highest BCUT2D eigenvalue weighted by Crippen LogP contribution is 2.04. The fourth-order valence-corrected chi connectivity index (χ4v) is 1.67. The summed E-state index contributed by atoms with van der Waals surface area (Å²) in [6, 6.07) is 3.63. The zero-order chi connectivity index (χ0) is 14.1. The molecule has 0 aromatic carbocycles. The predicted molar refractivity (Wildman–Crippen MR) is 70.6 cm³/mol. The average Bonchev–Trinajstić information content (AvgIpc) is 2.88. The van der Waals surface area contributed by atoms with Gasteiger partial charge in [0.1, 0.15) is 5.76 Å². The van der Waals surface area contributed by atoms with Gasteiger partial charge in [-0.2, -0.15) is 0 Å². The Morgan fingerprint density at radius 1 is 1.47 bits per heavy atom. The fourth-order valence-electron chi connectivity index (χ4n) is 1.67. The number of aliphatic hydroxyl groups excluding tert-OH is 1. The van der Waals surface area contributed by atoms with Gasteiger partial charge in [-0.05, 0) is 12.1 Å². The lowest BCUT2D eigenvalue weighted by atomic mass is 10.3. The first-order valence-electron chi connectivity index (χ1n) is 6.26. The Balaban J connectivity index is 2.41. The zero-order valence-corrected chi connectivity index (χ0v) is 11.5. The van der Waals surface area contributed by atoms with Crippen LogP contribution in [0.3, 0.4) is 0 Å². The number of hydrogen-bond acceptors (Lipinski definition) is 5. The molecule has 0 aliphatic carbocycles. The van der Waals surface area contributed by atoms with Crippen LogP contribution in [0.15, 0.2) is 22.8 Å². The van der Waals surface area contributed by atoms with Crippen molar-refractivity contribution in [2.45, 2.75) is 6.54 Å². The summed E-state index contributed by atoms with van der Waals surface area (Å²) in [4.78, 5) is 15.5. The number of furan rings is 1. The lowest BCUT2D eigenvalue weighted by Crippen LogP contribution is -2.40. The first-order valence-corrected chi connectivity index (χ1v) is 6.26. The second kappa shape index (κ2) is 8.68. The van der Waals surface area contributed by atoms with Crippen LogP contribution in [-0.2, 0) is 16.1 Å². The van der Waals surface area contributed by atoms with Gasteiger partial charge in [0, 0.05) is 27.2 Å². The molecule has 0 atom stereocenters. The molecule has 6 heteroatoms. The van der Waals surface area contributed by atoms with Crippen molar-refractivity contribution in [2.24, 2.45) is 0 Å². The molecule has 0 bridgehead atoms. The Morgan fingerprint density at radius 2 is 2.26 bits per heavy atom. The first kappa shape index (κ1) is 15.7. The quantitative estimate of drug-likeness (QED) is 0.693. The van der Waals surface area contributed by atoms with E-state index in [1.54, 1.807) is 31.4 Å². The van der Waals surface area contributed by atoms with Gasteiger partial charge in [0.25, 0.3) is 0 Å². The number of nitrogens with zero attached hydrogens (tertiary/aromatic N) is 2. The summed E-state index contributed by atoms with van der Waals surface area (Å²) < 4.78 is 10.2. The van der Waals surface area contributed by atoms with E-state index < -0.39 is 0 Å². The minimum Gasteiger partial charge on any atom is -0.467 e. The summed E-state index contributed by atoms with van der Waals surface area (Å²) in [5.74, 6) is 0.738. The van der Waals surface area contributed by atoms with Gasteiger partial charge in [0.05, 0.1) is 32.6 Å². The third-order valence-corrected chi connectivity index (χ3v) is 2.79. The van der Waals surface area contributed by atoms with E-state index in [2.05, 4.69) is 0 Å². The molecule has 1 aromatic rings. The highest BCUT2D eigenvalue weighted by molar-refractivity contribution is 5.77. The van der Waals surface area contributed by atoms with E-state index in [0.29, 0.717) is 26.2 Å². The summed E-state index contributed by atoms with van der Waals surface area (Å²) in [7, 11) is 3.35. The van der Waals surface area contributed by atoms with Crippen molar-refractivity contribution in [3.63, 3.8) is 0 Å². The van der Waals surface area contributed by atoms with Gasteiger partial charge in [-0.25, -0.2) is 0 Å². The molecule has 108 valence electrons. The maximum atomic E-state index is 12.0.